The maximum Gasteiger partial charge on any atom is 0.171 e. The van der Waals surface area contributed by atoms with Crippen molar-refractivity contribution in [1.29, 1.82) is 0 Å². The van der Waals surface area contributed by atoms with Crippen LogP contribution in [0, 0.1) is 23.2 Å². The number of anilines is 1. The molecule has 5 heteroatoms. The highest BCUT2D eigenvalue weighted by Gasteiger charge is 2.62. The van der Waals surface area contributed by atoms with Crippen LogP contribution in [-0.4, -0.2) is 55.0 Å². The molecule has 0 aromatic heterocycles. The maximum absolute atomic E-state index is 12.2. The second-order valence-corrected chi connectivity index (χ2v) is 12.4. The predicted molar refractivity (Wildman–Crippen MR) is 133 cm³/mol. The van der Waals surface area contributed by atoms with Crippen LogP contribution in [0.2, 0.25) is 0 Å². The van der Waals surface area contributed by atoms with Crippen LogP contribution in [0.25, 0.3) is 0 Å². The van der Waals surface area contributed by atoms with Crippen molar-refractivity contribution >= 4 is 5.69 Å². The lowest BCUT2D eigenvalue weighted by Crippen LogP contribution is -2.55. The molecule has 6 rings (SSSR count). The summed E-state index contributed by atoms with van der Waals surface area (Å²) in [5, 5.41) is 23.3. The Hall–Kier alpha value is -1.40. The van der Waals surface area contributed by atoms with Gasteiger partial charge in [0.1, 0.15) is 0 Å². The SMILES string of the molecule is C[C@H]1C[C@@]2(O)CC3(CCC2=C2[C@@H]1[C@@H]1CC[C@H](O)[C@@]1(C)C[C@@H]2c1ccc(N(C)C)cc1)OCCO3. The van der Waals surface area contributed by atoms with Gasteiger partial charge < -0.3 is 24.6 Å². The molecule has 34 heavy (non-hydrogen) atoms. The fraction of sp³-hybridized carbons (Fsp3) is 0.724. The fourth-order valence-corrected chi connectivity index (χ4v) is 8.74. The smallest absolute Gasteiger partial charge is 0.171 e. The van der Waals surface area contributed by atoms with Crippen LogP contribution < -0.4 is 4.90 Å². The highest BCUT2D eigenvalue weighted by atomic mass is 16.7. The summed E-state index contributed by atoms with van der Waals surface area (Å²) in [5.41, 5.74) is 4.34. The number of aliphatic hydroxyl groups excluding tert-OH is 1. The minimum atomic E-state index is -0.860. The molecule has 4 fully saturated rings. The van der Waals surface area contributed by atoms with Gasteiger partial charge in [0.25, 0.3) is 0 Å². The summed E-state index contributed by atoms with van der Waals surface area (Å²) in [6.07, 6.45) is 5.68. The molecule has 1 spiro atoms. The monoisotopic (exact) mass is 467 g/mol. The molecule has 0 unspecified atom stereocenters. The van der Waals surface area contributed by atoms with E-state index in [9.17, 15) is 10.2 Å². The van der Waals surface area contributed by atoms with Crippen LogP contribution in [0.5, 0.6) is 0 Å². The summed E-state index contributed by atoms with van der Waals surface area (Å²) in [6.45, 7) is 5.92. The molecular formula is C29H41NO4. The molecule has 1 saturated heterocycles. The predicted octanol–water partition coefficient (Wildman–Crippen LogP) is 4.63. The van der Waals surface area contributed by atoms with E-state index in [2.05, 4.69) is 57.1 Å². The van der Waals surface area contributed by atoms with E-state index in [1.54, 1.807) is 0 Å². The number of allylic oxidation sites excluding steroid dienone is 1. The van der Waals surface area contributed by atoms with Crippen molar-refractivity contribution in [1.82, 2.24) is 0 Å². The van der Waals surface area contributed by atoms with Gasteiger partial charge in [-0.15, -0.1) is 0 Å². The first-order valence-corrected chi connectivity index (χ1v) is 13.3. The van der Waals surface area contributed by atoms with Crippen molar-refractivity contribution in [3.8, 4) is 0 Å². The Bertz CT molecular complexity index is 980. The number of hydrogen-bond acceptors (Lipinski definition) is 5. The number of hydrogen-bond donors (Lipinski definition) is 2. The summed E-state index contributed by atoms with van der Waals surface area (Å²) in [7, 11) is 4.15. The van der Waals surface area contributed by atoms with Crippen molar-refractivity contribution in [2.24, 2.45) is 23.2 Å². The number of fused-ring (bicyclic) bond motifs is 4. The van der Waals surface area contributed by atoms with Gasteiger partial charge in [-0.25, -0.2) is 0 Å². The molecule has 0 amide bonds. The topological polar surface area (TPSA) is 62.2 Å². The van der Waals surface area contributed by atoms with Gasteiger partial charge in [0, 0.05) is 38.5 Å². The highest BCUT2D eigenvalue weighted by molar-refractivity contribution is 5.50. The first kappa shape index (κ1) is 23.0. The number of nitrogens with zero attached hydrogens (tertiary/aromatic N) is 1. The third-order valence-corrected chi connectivity index (χ3v) is 10.3. The lowest BCUT2D eigenvalue weighted by molar-refractivity contribution is -0.210. The van der Waals surface area contributed by atoms with Gasteiger partial charge >= 0.3 is 0 Å². The number of ether oxygens (including phenoxy) is 2. The molecule has 0 radical (unpaired) electrons. The Kier molecular flexibility index (Phi) is 5.28. The van der Waals surface area contributed by atoms with Gasteiger partial charge in [-0.05, 0) is 78.5 Å². The zero-order chi connectivity index (χ0) is 23.9. The van der Waals surface area contributed by atoms with E-state index in [0.717, 1.165) is 38.5 Å². The third kappa shape index (κ3) is 3.27. The van der Waals surface area contributed by atoms with Gasteiger partial charge in [-0.1, -0.05) is 31.6 Å². The summed E-state index contributed by atoms with van der Waals surface area (Å²) >= 11 is 0. The molecule has 186 valence electrons. The largest absolute Gasteiger partial charge is 0.393 e. The second-order valence-electron chi connectivity index (χ2n) is 12.4. The van der Waals surface area contributed by atoms with Crippen LogP contribution in [0.15, 0.2) is 35.4 Å². The normalized spacial score (nSPS) is 42.9. The minimum Gasteiger partial charge on any atom is -0.393 e. The molecule has 1 aliphatic heterocycles. The standard InChI is InChI=1S/C29H41NO4/c1-18-15-28(32)17-29(33-13-14-34-29)12-11-23(28)26-21(19-5-7-20(8-6-19)30(3)4)16-27(2)22(25(18)26)9-10-24(27)31/h5-8,18,21-22,24-25,31-32H,9-17H2,1-4H3/t18-,21+,22-,24-,25-,27-,28+/m0/s1. The molecule has 2 N–H and O–H groups in total. The van der Waals surface area contributed by atoms with E-state index < -0.39 is 11.4 Å². The van der Waals surface area contributed by atoms with Crippen molar-refractivity contribution in [2.45, 2.75) is 82.2 Å². The van der Waals surface area contributed by atoms with Gasteiger partial charge in [0.05, 0.1) is 24.9 Å². The second kappa shape index (κ2) is 7.80. The molecule has 7 atom stereocenters. The Morgan fingerprint density at radius 2 is 1.74 bits per heavy atom. The molecule has 0 bridgehead atoms. The Morgan fingerprint density at radius 1 is 1.03 bits per heavy atom. The summed E-state index contributed by atoms with van der Waals surface area (Å²) in [5.74, 6) is 0.889. The van der Waals surface area contributed by atoms with Crippen molar-refractivity contribution in [3.63, 3.8) is 0 Å². The van der Waals surface area contributed by atoms with E-state index in [1.165, 1.54) is 22.4 Å². The average molecular weight is 468 g/mol. The Balaban J connectivity index is 1.48. The highest BCUT2D eigenvalue weighted by Crippen LogP contribution is 2.66. The van der Waals surface area contributed by atoms with Gasteiger partial charge in [0.2, 0.25) is 0 Å². The molecule has 5 aliphatic rings. The summed E-state index contributed by atoms with van der Waals surface area (Å²) in [6, 6.07) is 8.98. The Labute approximate surface area is 204 Å². The third-order valence-electron chi connectivity index (χ3n) is 10.3. The lowest BCUT2D eigenvalue weighted by atomic mass is 9.49. The van der Waals surface area contributed by atoms with E-state index in [-0.39, 0.29) is 17.4 Å². The van der Waals surface area contributed by atoms with E-state index in [1.807, 2.05) is 0 Å². The molecule has 4 aliphatic carbocycles. The van der Waals surface area contributed by atoms with Crippen LogP contribution in [0.1, 0.15) is 70.3 Å². The summed E-state index contributed by atoms with van der Waals surface area (Å²) < 4.78 is 12.1. The van der Waals surface area contributed by atoms with E-state index >= 15 is 0 Å². The lowest BCUT2D eigenvalue weighted by Gasteiger charge is -2.58. The van der Waals surface area contributed by atoms with Gasteiger partial charge in [-0.3, -0.25) is 0 Å². The first-order chi connectivity index (χ1) is 16.2. The number of aliphatic hydroxyl groups is 2. The van der Waals surface area contributed by atoms with Crippen LogP contribution in [0.3, 0.4) is 0 Å². The quantitative estimate of drug-likeness (QED) is 0.621. The minimum absolute atomic E-state index is 0.0725. The molecular weight excluding hydrogens is 426 g/mol. The van der Waals surface area contributed by atoms with Gasteiger partial charge in [-0.2, -0.15) is 0 Å². The van der Waals surface area contributed by atoms with Crippen molar-refractivity contribution in [2.75, 3.05) is 32.2 Å². The van der Waals surface area contributed by atoms with E-state index in [4.69, 9.17) is 9.47 Å². The van der Waals surface area contributed by atoms with Crippen molar-refractivity contribution < 1.29 is 19.7 Å². The molecule has 5 nitrogen and oxygen atoms in total. The first-order valence-electron chi connectivity index (χ1n) is 13.3. The fourth-order valence-electron chi connectivity index (χ4n) is 8.74. The molecule has 3 saturated carbocycles. The van der Waals surface area contributed by atoms with Crippen molar-refractivity contribution in [3.05, 3.63) is 41.0 Å². The number of rotatable bonds is 2. The molecule has 1 aromatic carbocycles. The van der Waals surface area contributed by atoms with Crippen LogP contribution >= 0.6 is 0 Å². The molecule has 1 aromatic rings. The average Bonchev–Trinajstić information content (AvgIpc) is 3.36. The molecule has 1 heterocycles. The van der Waals surface area contributed by atoms with Gasteiger partial charge in [0.15, 0.2) is 5.79 Å². The Morgan fingerprint density at radius 3 is 2.41 bits per heavy atom. The van der Waals surface area contributed by atoms with Crippen LogP contribution in [-0.2, 0) is 9.47 Å². The maximum atomic E-state index is 12.2. The number of benzene rings is 1. The van der Waals surface area contributed by atoms with Crippen LogP contribution in [0.4, 0.5) is 5.69 Å². The van der Waals surface area contributed by atoms with E-state index in [0.29, 0.717) is 37.4 Å². The summed E-state index contributed by atoms with van der Waals surface area (Å²) in [4.78, 5) is 2.14. The zero-order valence-electron chi connectivity index (χ0n) is 21.2. The zero-order valence-corrected chi connectivity index (χ0v) is 21.2.